The van der Waals surface area contributed by atoms with Crippen LogP contribution in [0.3, 0.4) is 0 Å². The third kappa shape index (κ3) is 2.95. The molecule has 0 radical (unpaired) electrons. The molecule has 2 nitrogen and oxygen atoms in total. The first-order valence-electron chi connectivity index (χ1n) is 3.94. The molecule has 72 valence electrons. The zero-order valence-corrected chi connectivity index (χ0v) is 7.76. The van der Waals surface area contributed by atoms with E-state index < -0.39 is 5.82 Å². The third-order valence-corrected chi connectivity index (χ3v) is 2.02. The molecule has 0 aliphatic rings. The van der Waals surface area contributed by atoms with Gasteiger partial charge in [0.25, 0.3) is 0 Å². The molecule has 1 unspecified atom stereocenters. The van der Waals surface area contributed by atoms with Gasteiger partial charge in [0.15, 0.2) is 0 Å². The van der Waals surface area contributed by atoms with E-state index in [0.717, 1.165) is 5.56 Å². The maximum absolute atomic E-state index is 12.9. The Balaban J connectivity index is 2.73. The number of rotatable bonds is 3. The van der Waals surface area contributed by atoms with Crippen LogP contribution in [0.15, 0.2) is 18.2 Å². The summed E-state index contributed by atoms with van der Waals surface area (Å²) in [6.07, 6.45) is 0.449. The van der Waals surface area contributed by atoms with Crippen molar-refractivity contribution in [2.24, 2.45) is 5.73 Å². The predicted molar refractivity (Wildman–Crippen MR) is 50.2 cm³/mol. The average Bonchev–Trinajstić information content (AvgIpc) is 2.11. The minimum atomic E-state index is -0.454. The number of hydrogen-bond acceptors (Lipinski definition) is 2. The summed E-state index contributed by atoms with van der Waals surface area (Å²) in [6, 6.07) is 4.16. The molecule has 1 rings (SSSR count). The summed E-state index contributed by atoms with van der Waals surface area (Å²) >= 11 is 5.50. The van der Waals surface area contributed by atoms with Crippen molar-refractivity contribution in [1.29, 1.82) is 0 Å². The van der Waals surface area contributed by atoms with Crippen LogP contribution in [-0.4, -0.2) is 17.8 Å². The summed E-state index contributed by atoms with van der Waals surface area (Å²) in [4.78, 5) is 0. The molecule has 0 spiro atoms. The zero-order chi connectivity index (χ0) is 9.84. The van der Waals surface area contributed by atoms with Crippen molar-refractivity contribution in [3.8, 4) is 0 Å². The van der Waals surface area contributed by atoms with Gasteiger partial charge in [-0.2, -0.15) is 0 Å². The molecule has 1 aromatic carbocycles. The number of benzene rings is 1. The molecule has 13 heavy (non-hydrogen) atoms. The first-order chi connectivity index (χ1) is 6.13. The van der Waals surface area contributed by atoms with Crippen LogP contribution in [-0.2, 0) is 6.42 Å². The Bertz CT molecular complexity index is 293. The third-order valence-electron chi connectivity index (χ3n) is 1.72. The van der Waals surface area contributed by atoms with E-state index in [-0.39, 0.29) is 17.7 Å². The largest absolute Gasteiger partial charge is 0.395 e. The number of aliphatic hydroxyl groups is 1. The molecule has 0 aliphatic heterocycles. The molecule has 4 heteroatoms. The fourth-order valence-corrected chi connectivity index (χ4v) is 1.15. The number of nitrogens with two attached hydrogens (primary N) is 1. The highest BCUT2D eigenvalue weighted by Gasteiger charge is 2.05. The lowest BCUT2D eigenvalue weighted by molar-refractivity contribution is 0.265. The minimum absolute atomic E-state index is 0.0984. The van der Waals surface area contributed by atoms with Gasteiger partial charge in [-0.25, -0.2) is 4.39 Å². The second kappa shape index (κ2) is 4.56. The van der Waals surface area contributed by atoms with E-state index in [9.17, 15) is 4.39 Å². The van der Waals surface area contributed by atoms with Gasteiger partial charge in [-0.15, -0.1) is 0 Å². The van der Waals surface area contributed by atoms with E-state index in [1.54, 1.807) is 6.07 Å². The first-order valence-corrected chi connectivity index (χ1v) is 4.31. The highest BCUT2D eigenvalue weighted by atomic mass is 35.5. The van der Waals surface area contributed by atoms with Gasteiger partial charge in [0, 0.05) is 6.04 Å². The standard InChI is InChI=1S/C9H11ClFNO/c10-8-2-1-6(4-9(8)11)3-7(12)5-13/h1-2,4,7,13H,3,5,12H2. The Morgan fingerprint density at radius 1 is 1.54 bits per heavy atom. The molecule has 0 fully saturated rings. The molecule has 0 bridgehead atoms. The van der Waals surface area contributed by atoms with Crippen LogP contribution in [0, 0.1) is 5.82 Å². The lowest BCUT2D eigenvalue weighted by Gasteiger charge is -2.07. The zero-order valence-electron chi connectivity index (χ0n) is 7.00. The Labute approximate surface area is 81.1 Å². The smallest absolute Gasteiger partial charge is 0.142 e. The average molecular weight is 204 g/mol. The van der Waals surface area contributed by atoms with Gasteiger partial charge in [0.2, 0.25) is 0 Å². The van der Waals surface area contributed by atoms with Crippen LogP contribution in [0.4, 0.5) is 4.39 Å². The molecule has 0 aromatic heterocycles. The lowest BCUT2D eigenvalue weighted by atomic mass is 10.1. The van der Waals surface area contributed by atoms with Gasteiger partial charge in [0.1, 0.15) is 5.82 Å². The Morgan fingerprint density at radius 2 is 2.23 bits per heavy atom. The van der Waals surface area contributed by atoms with Crippen LogP contribution in [0.2, 0.25) is 5.02 Å². The van der Waals surface area contributed by atoms with E-state index >= 15 is 0 Å². The van der Waals surface area contributed by atoms with Crippen molar-refractivity contribution < 1.29 is 9.50 Å². The van der Waals surface area contributed by atoms with Crippen LogP contribution in [0.1, 0.15) is 5.56 Å². The molecule has 1 aromatic rings. The molecule has 3 N–H and O–H groups in total. The van der Waals surface area contributed by atoms with Crippen molar-refractivity contribution in [1.82, 2.24) is 0 Å². The lowest BCUT2D eigenvalue weighted by Crippen LogP contribution is -2.26. The Morgan fingerprint density at radius 3 is 2.77 bits per heavy atom. The first kappa shape index (κ1) is 10.4. The summed E-state index contributed by atoms with van der Waals surface area (Å²) in [5.41, 5.74) is 6.23. The van der Waals surface area contributed by atoms with Crippen molar-refractivity contribution in [2.75, 3.05) is 6.61 Å². The molecule has 0 aliphatic carbocycles. The molecule has 0 heterocycles. The molecule has 0 saturated heterocycles. The van der Waals surface area contributed by atoms with Crippen molar-refractivity contribution in [2.45, 2.75) is 12.5 Å². The van der Waals surface area contributed by atoms with E-state index in [1.165, 1.54) is 12.1 Å². The van der Waals surface area contributed by atoms with Gasteiger partial charge in [0.05, 0.1) is 11.6 Å². The van der Waals surface area contributed by atoms with Crippen LogP contribution < -0.4 is 5.73 Å². The molecule has 1 atom stereocenters. The fourth-order valence-electron chi connectivity index (χ4n) is 1.03. The van der Waals surface area contributed by atoms with Crippen molar-refractivity contribution in [3.63, 3.8) is 0 Å². The highest BCUT2D eigenvalue weighted by molar-refractivity contribution is 6.30. The summed E-state index contributed by atoms with van der Waals surface area (Å²) in [6.45, 7) is -0.107. The van der Waals surface area contributed by atoms with Gasteiger partial charge in [-0.3, -0.25) is 0 Å². The van der Waals surface area contributed by atoms with Crippen LogP contribution in [0.25, 0.3) is 0 Å². The molecular weight excluding hydrogens is 193 g/mol. The molecule has 0 saturated carbocycles. The quantitative estimate of drug-likeness (QED) is 0.779. The van der Waals surface area contributed by atoms with Crippen molar-refractivity contribution in [3.05, 3.63) is 34.6 Å². The van der Waals surface area contributed by atoms with Gasteiger partial charge >= 0.3 is 0 Å². The Hall–Kier alpha value is -0.640. The SMILES string of the molecule is NC(CO)Cc1ccc(Cl)c(F)c1. The second-order valence-corrected chi connectivity index (χ2v) is 3.30. The second-order valence-electron chi connectivity index (χ2n) is 2.90. The van der Waals surface area contributed by atoms with Crippen LogP contribution in [0.5, 0.6) is 0 Å². The van der Waals surface area contributed by atoms with E-state index in [2.05, 4.69) is 0 Å². The van der Waals surface area contributed by atoms with Crippen molar-refractivity contribution >= 4 is 11.6 Å². The predicted octanol–water partition coefficient (Wildman–Crippen LogP) is 1.34. The number of aliphatic hydroxyl groups excluding tert-OH is 1. The van der Waals surface area contributed by atoms with E-state index in [4.69, 9.17) is 22.4 Å². The van der Waals surface area contributed by atoms with E-state index in [0.29, 0.717) is 6.42 Å². The summed E-state index contributed by atoms with van der Waals surface area (Å²) in [5.74, 6) is -0.454. The van der Waals surface area contributed by atoms with E-state index in [1.807, 2.05) is 0 Å². The topological polar surface area (TPSA) is 46.2 Å². The maximum atomic E-state index is 12.9. The fraction of sp³-hybridized carbons (Fsp3) is 0.333. The minimum Gasteiger partial charge on any atom is -0.395 e. The number of hydrogen-bond donors (Lipinski definition) is 2. The Kier molecular flexibility index (Phi) is 3.66. The molecule has 0 amide bonds. The van der Waals surface area contributed by atoms with Gasteiger partial charge in [-0.1, -0.05) is 17.7 Å². The monoisotopic (exact) mass is 203 g/mol. The molecular formula is C9H11ClFNO. The number of halogens is 2. The van der Waals surface area contributed by atoms with Crippen LogP contribution >= 0.6 is 11.6 Å². The summed E-state index contributed by atoms with van der Waals surface area (Å²) in [7, 11) is 0. The summed E-state index contributed by atoms with van der Waals surface area (Å²) < 4.78 is 12.9. The highest BCUT2D eigenvalue weighted by Crippen LogP contribution is 2.16. The van der Waals surface area contributed by atoms with Gasteiger partial charge < -0.3 is 10.8 Å². The summed E-state index contributed by atoms with van der Waals surface area (Å²) in [5, 5.41) is 8.77. The normalized spacial score (nSPS) is 12.9. The maximum Gasteiger partial charge on any atom is 0.142 e. The van der Waals surface area contributed by atoms with Gasteiger partial charge in [-0.05, 0) is 24.1 Å².